The fourth-order valence-electron chi connectivity index (χ4n) is 4.63. The molecule has 0 bridgehead atoms. The number of hydrogen-bond acceptors (Lipinski definition) is 10. The Morgan fingerprint density at radius 3 is 2.81 bits per heavy atom. The lowest BCUT2D eigenvalue weighted by atomic mass is 10.0. The van der Waals surface area contributed by atoms with E-state index in [0.29, 0.717) is 71.8 Å². The van der Waals surface area contributed by atoms with Gasteiger partial charge in [0, 0.05) is 37.3 Å². The minimum atomic E-state index is -0.360. The first-order valence-electron chi connectivity index (χ1n) is 11.7. The average Bonchev–Trinajstić information content (AvgIpc) is 3.33. The van der Waals surface area contributed by atoms with E-state index in [1.54, 1.807) is 21.6 Å². The number of fused-ring (bicyclic) bond motifs is 2. The van der Waals surface area contributed by atoms with E-state index in [4.69, 9.17) is 25.6 Å². The second-order valence-corrected chi connectivity index (χ2v) is 8.67. The Labute approximate surface area is 208 Å². The summed E-state index contributed by atoms with van der Waals surface area (Å²) < 4.78 is 13.8. The van der Waals surface area contributed by atoms with Gasteiger partial charge >= 0.3 is 0 Å². The number of likely N-dealkylation sites (tertiary alicyclic amines) is 1. The number of nitrogens with zero attached hydrogens (tertiary/aromatic N) is 8. The molecule has 2 N–H and O–H groups in total. The van der Waals surface area contributed by atoms with Crippen molar-refractivity contribution in [2.24, 2.45) is 15.9 Å². The molecule has 0 amide bonds. The molecule has 0 aromatic carbocycles. The zero-order valence-electron chi connectivity index (χ0n) is 19.8. The maximum absolute atomic E-state index is 9.66. The molecule has 2 aliphatic heterocycles. The number of rotatable bonds is 5. The van der Waals surface area contributed by atoms with Crippen LogP contribution in [0.15, 0.2) is 46.8 Å². The number of aromatic nitrogens is 3. The van der Waals surface area contributed by atoms with Crippen molar-refractivity contribution < 1.29 is 9.47 Å². The highest BCUT2D eigenvalue weighted by Crippen LogP contribution is 2.34. The topological polar surface area (TPSA) is 150 Å². The molecule has 11 nitrogen and oxygen atoms in total. The van der Waals surface area contributed by atoms with Gasteiger partial charge in [0.1, 0.15) is 40.7 Å². The van der Waals surface area contributed by atoms with E-state index in [9.17, 15) is 5.26 Å². The van der Waals surface area contributed by atoms with Gasteiger partial charge in [-0.05, 0) is 38.0 Å². The van der Waals surface area contributed by atoms with Crippen LogP contribution >= 0.6 is 0 Å². The van der Waals surface area contributed by atoms with Gasteiger partial charge in [-0.2, -0.15) is 15.6 Å². The van der Waals surface area contributed by atoms with Crippen LogP contribution < -0.4 is 15.3 Å². The predicted molar refractivity (Wildman–Crippen MR) is 132 cm³/mol. The lowest BCUT2D eigenvalue weighted by Gasteiger charge is -2.26. The molecule has 1 saturated heterocycles. The molecule has 0 spiro atoms. The fraction of sp³-hybridized carbons (Fsp3) is 0.360. The van der Waals surface area contributed by atoms with Crippen LogP contribution in [0.25, 0.3) is 5.65 Å². The Bertz CT molecular complexity index is 1420. The number of hydrogen-bond donors (Lipinski definition) is 1. The molecule has 0 radical (unpaired) electrons. The molecule has 1 fully saturated rings. The summed E-state index contributed by atoms with van der Waals surface area (Å²) in [6, 6.07) is 9.56. The molecular formula is C25H25N9O2. The predicted octanol–water partition coefficient (Wildman–Crippen LogP) is 2.57. The van der Waals surface area contributed by atoms with Crippen LogP contribution in [0.4, 0.5) is 0 Å². The molecule has 1 atom stereocenters. The molecule has 2 aliphatic rings. The minimum Gasteiger partial charge on any atom is -0.491 e. The van der Waals surface area contributed by atoms with Gasteiger partial charge in [0.2, 0.25) is 5.88 Å². The maximum Gasteiger partial charge on any atom is 0.201 e. The van der Waals surface area contributed by atoms with E-state index >= 15 is 0 Å². The van der Waals surface area contributed by atoms with Crippen LogP contribution in [0, 0.1) is 22.8 Å². The standard InChI is InChI=1S/C25H25N9O2/c1-16(31-18-4-8-33(15-27)9-5-18)24(32-28)17-11-22-30-14-19(13-26)34(22)23(12-17)36-21-6-10-35-20-3-2-7-29-25(20)21/h2-3,7,11-12,14,18,21H,4-6,8-10,28H2,1H3/b31-16?,32-24+. The smallest absolute Gasteiger partial charge is 0.201 e. The number of piperidine rings is 1. The summed E-state index contributed by atoms with van der Waals surface area (Å²) in [6.07, 6.45) is 7.22. The number of ether oxygens (including phenoxy) is 2. The Balaban J connectivity index is 1.50. The summed E-state index contributed by atoms with van der Waals surface area (Å²) >= 11 is 0. The summed E-state index contributed by atoms with van der Waals surface area (Å²) in [6.45, 7) is 3.73. The van der Waals surface area contributed by atoms with E-state index in [-0.39, 0.29) is 12.1 Å². The lowest BCUT2D eigenvalue weighted by Crippen LogP contribution is -2.32. The Hall–Kier alpha value is -4.64. The van der Waals surface area contributed by atoms with Gasteiger partial charge < -0.3 is 20.2 Å². The van der Waals surface area contributed by atoms with Crippen LogP contribution in [0.2, 0.25) is 0 Å². The molecule has 1 unspecified atom stereocenters. The summed E-state index contributed by atoms with van der Waals surface area (Å²) in [5.74, 6) is 6.95. The SMILES string of the molecule is CC(=NC1CCN(C#N)CC1)/C(=N\N)c1cc(OC2CCOc3cccnc32)n2c(C#N)cnc2c1. The number of imidazole rings is 1. The van der Waals surface area contributed by atoms with Gasteiger partial charge in [0.15, 0.2) is 6.19 Å². The van der Waals surface area contributed by atoms with Crippen molar-refractivity contribution >= 4 is 17.1 Å². The first-order chi connectivity index (χ1) is 17.6. The number of nitrogens with two attached hydrogens (primary N) is 1. The van der Waals surface area contributed by atoms with Crippen molar-refractivity contribution in [1.29, 1.82) is 10.5 Å². The van der Waals surface area contributed by atoms with E-state index in [1.807, 2.05) is 25.1 Å². The van der Waals surface area contributed by atoms with Gasteiger partial charge in [-0.15, -0.1) is 0 Å². The first-order valence-corrected chi connectivity index (χ1v) is 11.7. The highest BCUT2D eigenvalue weighted by molar-refractivity contribution is 6.47. The number of pyridine rings is 2. The van der Waals surface area contributed by atoms with Gasteiger partial charge in [-0.25, -0.2) is 4.98 Å². The molecule has 5 rings (SSSR count). The van der Waals surface area contributed by atoms with Gasteiger partial charge in [-0.3, -0.25) is 14.4 Å². The van der Waals surface area contributed by atoms with Crippen molar-refractivity contribution in [2.75, 3.05) is 19.7 Å². The fourth-order valence-corrected chi connectivity index (χ4v) is 4.63. The highest BCUT2D eigenvalue weighted by atomic mass is 16.5. The summed E-state index contributed by atoms with van der Waals surface area (Å²) in [5.41, 5.74) is 3.46. The average molecular weight is 484 g/mol. The van der Waals surface area contributed by atoms with Crippen molar-refractivity contribution in [2.45, 2.75) is 38.3 Å². The number of hydrazone groups is 1. The van der Waals surface area contributed by atoms with Crippen molar-refractivity contribution in [3.8, 4) is 23.9 Å². The summed E-state index contributed by atoms with van der Waals surface area (Å²) in [4.78, 5) is 15.5. The Morgan fingerprint density at radius 1 is 1.22 bits per heavy atom. The minimum absolute atomic E-state index is 0.0900. The Morgan fingerprint density at radius 2 is 2.06 bits per heavy atom. The maximum atomic E-state index is 9.66. The zero-order valence-corrected chi connectivity index (χ0v) is 19.8. The van der Waals surface area contributed by atoms with E-state index < -0.39 is 0 Å². The zero-order chi connectivity index (χ0) is 25.1. The van der Waals surface area contributed by atoms with Gasteiger partial charge in [-0.1, -0.05) is 0 Å². The van der Waals surface area contributed by atoms with Crippen molar-refractivity contribution in [3.05, 3.63) is 53.6 Å². The van der Waals surface area contributed by atoms with Gasteiger partial charge in [0.05, 0.1) is 24.6 Å². The first kappa shape index (κ1) is 23.1. The summed E-state index contributed by atoms with van der Waals surface area (Å²) in [5, 5.41) is 22.8. The molecule has 11 heteroatoms. The lowest BCUT2D eigenvalue weighted by molar-refractivity contribution is 0.125. The monoisotopic (exact) mass is 483 g/mol. The van der Waals surface area contributed by atoms with E-state index in [2.05, 4.69) is 27.3 Å². The Kier molecular flexibility index (Phi) is 6.37. The third kappa shape index (κ3) is 4.39. The van der Waals surface area contributed by atoms with Crippen LogP contribution in [0.3, 0.4) is 0 Å². The van der Waals surface area contributed by atoms with Crippen molar-refractivity contribution in [3.63, 3.8) is 0 Å². The third-order valence-corrected chi connectivity index (χ3v) is 6.42. The third-order valence-electron chi connectivity index (χ3n) is 6.42. The molecule has 3 aromatic heterocycles. The molecule has 5 heterocycles. The second-order valence-electron chi connectivity index (χ2n) is 8.67. The normalized spacial score (nSPS) is 18.8. The molecular weight excluding hydrogens is 458 g/mol. The number of nitriles is 2. The quantitative estimate of drug-likeness (QED) is 0.252. The molecule has 0 aliphatic carbocycles. The van der Waals surface area contributed by atoms with Crippen molar-refractivity contribution in [1.82, 2.24) is 19.3 Å². The second kappa shape index (κ2) is 9.92. The van der Waals surface area contributed by atoms with E-state index in [1.165, 1.54) is 6.20 Å². The molecule has 0 saturated carbocycles. The summed E-state index contributed by atoms with van der Waals surface area (Å²) in [7, 11) is 0. The highest BCUT2D eigenvalue weighted by Gasteiger charge is 2.27. The van der Waals surface area contributed by atoms with Crippen LogP contribution in [-0.4, -0.2) is 56.4 Å². The van der Waals surface area contributed by atoms with Crippen LogP contribution in [0.1, 0.15) is 49.2 Å². The number of aliphatic imine (C=N–C) groups is 1. The van der Waals surface area contributed by atoms with E-state index in [0.717, 1.165) is 12.8 Å². The molecule has 36 heavy (non-hydrogen) atoms. The van der Waals surface area contributed by atoms with Crippen LogP contribution in [-0.2, 0) is 0 Å². The van der Waals surface area contributed by atoms with Crippen LogP contribution in [0.5, 0.6) is 11.6 Å². The largest absolute Gasteiger partial charge is 0.491 e. The van der Waals surface area contributed by atoms with Gasteiger partial charge in [0.25, 0.3) is 0 Å². The molecule has 182 valence electrons. The molecule has 3 aromatic rings.